The molecule has 0 N–H and O–H groups in total. The average Bonchev–Trinajstić information content (AvgIpc) is 3.04. The van der Waals surface area contributed by atoms with Gasteiger partial charge in [-0.2, -0.15) is 0 Å². The van der Waals surface area contributed by atoms with Crippen LogP contribution in [0.25, 0.3) is 0 Å². The Labute approximate surface area is 201 Å². The van der Waals surface area contributed by atoms with Crippen LogP contribution in [0.15, 0.2) is 35.3 Å². The molecule has 3 aliphatic rings. The van der Waals surface area contributed by atoms with Crippen LogP contribution in [0.2, 0.25) is 0 Å². The highest BCUT2D eigenvalue weighted by Gasteiger charge is 2.62. The summed E-state index contributed by atoms with van der Waals surface area (Å²) in [6.45, 7) is 6.85. The lowest BCUT2D eigenvalue weighted by Crippen LogP contribution is -2.46. The Morgan fingerprint density at radius 3 is 2.44 bits per heavy atom. The Kier molecular flexibility index (Phi) is 8.50. The van der Waals surface area contributed by atoms with E-state index in [2.05, 4.69) is 6.92 Å². The molecule has 0 aromatic heterocycles. The van der Waals surface area contributed by atoms with Crippen molar-refractivity contribution in [2.75, 3.05) is 0 Å². The lowest BCUT2D eigenvalue weighted by atomic mass is 9.67. The van der Waals surface area contributed by atoms with Gasteiger partial charge in [-0.3, -0.25) is 19.2 Å². The SMILES string of the molecule is CCCCCCCCCC(=O)C1C(=O)OC2(C)C(=O)C=C3C=C(CC(C)OC(C)=O)OC=C3C12. The molecule has 2 aliphatic heterocycles. The molecule has 0 bridgehead atoms. The first-order valence-corrected chi connectivity index (χ1v) is 12.4. The van der Waals surface area contributed by atoms with E-state index < -0.39 is 29.5 Å². The number of fused-ring (bicyclic) bond motifs is 3. The summed E-state index contributed by atoms with van der Waals surface area (Å²) < 4.78 is 16.5. The van der Waals surface area contributed by atoms with Crippen LogP contribution in [0.5, 0.6) is 0 Å². The number of ether oxygens (including phenoxy) is 3. The summed E-state index contributed by atoms with van der Waals surface area (Å²) >= 11 is 0. The summed E-state index contributed by atoms with van der Waals surface area (Å²) in [5.74, 6) is -2.73. The topological polar surface area (TPSA) is 96.0 Å². The van der Waals surface area contributed by atoms with Crippen LogP contribution in [0.1, 0.15) is 85.5 Å². The van der Waals surface area contributed by atoms with Gasteiger partial charge in [-0.05, 0) is 38.0 Å². The molecular formula is C27H36O7. The number of ketones is 2. The standard InChI is InChI=1S/C27H36O7/c1-5-6-7-8-9-10-11-12-22(29)24-25-21-16-32-20(13-17(2)33-18(3)28)14-19(21)15-23(30)27(25,4)34-26(24)31/h14-17,24-25H,5-13H2,1-4H3. The van der Waals surface area contributed by atoms with Crippen LogP contribution < -0.4 is 0 Å². The predicted molar refractivity (Wildman–Crippen MR) is 125 cm³/mol. The van der Waals surface area contributed by atoms with Gasteiger partial charge in [-0.25, -0.2) is 0 Å². The summed E-state index contributed by atoms with van der Waals surface area (Å²) in [7, 11) is 0. The number of carbonyl (C=O) groups excluding carboxylic acids is 4. The Hall–Kier alpha value is -2.70. The fourth-order valence-corrected chi connectivity index (χ4v) is 5.07. The van der Waals surface area contributed by atoms with Crippen LogP contribution >= 0.6 is 0 Å². The third-order valence-electron chi connectivity index (χ3n) is 6.82. The Balaban J connectivity index is 1.70. The van der Waals surface area contributed by atoms with Gasteiger partial charge in [-0.1, -0.05) is 45.4 Å². The number of rotatable bonds is 12. The molecule has 1 saturated heterocycles. The highest BCUT2D eigenvalue weighted by molar-refractivity contribution is 6.09. The van der Waals surface area contributed by atoms with Crippen molar-refractivity contribution in [3.63, 3.8) is 0 Å². The summed E-state index contributed by atoms with van der Waals surface area (Å²) in [5.41, 5.74) is -0.183. The van der Waals surface area contributed by atoms with E-state index in [1.165, 1.54) is 38.5 Å². The number of esters is 2. The summed E-state index contributed by atoms with van der Waals surface area (Å²) in [4.78, 5) is 50.1. The fraction of sp³-hybridized carbons (Fsp3) is 0.630. The van der Waals surface area contributed by atoms with Crippen LogP contribution in [0, 0.1) is 11.8 Å². The van der Waals surface area contributed by atoms with Crippen LogP contribution in [-0.2, 0) is 33.4 Å². The minimum atomic E-state index is -1.41. The van der Waals surface area contributed by atoms with E-state index >= 15 is 0 Å². The lowest BCUT2D eigenvalue weighted by Gasteiger charge is -2.35. The number of hydrogen-bond donors (Lipinski definition) is 0. The van der Waals surface area contributed by atoms with Crippen molar-refractivity contribution in [3.05, 3.63) is 35.3 Å². The number of allylic oxidation sites excluding steroid dienone is 2. The molecule has 0 aromatic carbocycles. The van der Waals surface area contributed by atoms with Crippen LogP contribution in [-0.4, -0.2) is 35.2 Å². The second-order valence-electron chi connectivity index (χ2n) is 9.71. The first-order chi connectivity index (χ1) is 16.2. The normalized spacial score (nSPS) is 26.3. The third kappa shape index (κ3) is 5.68. The van der Waals surface area contributed by atoms with Gasteiger partial charge in [0.25, 0.3) is 0 Å². The monoisotopic (exact) mass is 472 g/mol. The molecule has 0 saturated carbocycles. The summed E-state index contributed by atoms with van der Waals surface area (Å²) in [6, 6.07) is 0. The van der Waals surface area contributed by atoms with Crippen LogP contribution in [0.4, 0.5) is 0 Å². The predicted octanol–water partition coefficient (Wildman–Crippen LogP) is 4.89. The van der Waals surface area contributed by atoms with Crippen molar-refractivity contribution < 1.29 is 33.4 Å². The molecule has 7 heteroatoms. The highest BCUT2D eigenvalue weighted by Crippen LogP contribution is 2.50. The van der Waals surface area contributed by atoms with Gasteiger partial charge < -0.3 is 14.2 Å². The Bertz CT molecular complexity index is 925. The Morgan fingerprint density at radius 1 is 1.09 bits per heavy atom. The van der Waals surface area contributed by atoms with Crippen molar-refractivity contribution in [2.45, 2.75) is 97.2 Å². The fourth-order valence-electron chi connectivity index (χ4n) is 5.07. The average molecular weight is 473 g/mol. The zero-order valence-corrected chi connectivity index (χ0v) is 20.7. The van der Waals surface area contributed by atoms with Crippen molar-refractivity contribution >= 4 is 23.5 Å². The number of hydrogen-bond acceptors (Lipinski definition) is 7. The van der Waals surface area contributed by atoms with Crippen molar-refractivity contribution in [3.8, 4) is 0 Å². The van der Waals surface area contributed by atoms with Crippen molar-refractivity contribution in [2.24, 2.45) is 11.8 Å². The molecule has 7 nitrogen and oxygen atoms in total. The van der Waals surface area contributed by atoms with Crippen molar-refractivity contribution in [1.29, 1.82) is 0 Å². The first-order valence-electron chi connectivity index (χ1n) is 12.4. The second kappa shape index (κ2) is 11.2. The van der Waals surface area contributed by atoms with E-state index in [1.54, 1.807) is 19.9 Å². The third-order valence-corrected chi connectivity index (χ3v) is 6.82. The lowest BCUT2D eigenvalue weighted by molar-refractivity contribution is -0.156. The molecule has 4 unspecified atom stereocenters. The molecule has 34 heavy (non-hydrogen) atoms. The number of Topliss-reactive ketones (excluding diaryl/α,β-unsaturated/α-hetero) is 1. The van der Waals surface area contributed by atoms with Gasteiger partial charge in [0, 0.05) is 25.3 Å². The van der Waals surface area contributed by atoms with E-state index in [4.69, 9.17) is 14.2 Å². The molecule has 1 aliphatic carbocycles. The Morgan fingerprint density at radius 2 is 1.76 bits per heavy atom. The molecule has 2 heterocycles. The maximum Gasteiger partial charge on any atom is 0.318 e. The summed E-state index contributed by atoms with van der Waals surface area (Å²) in [6.07, 6.45) is 12.4. The van der Waals surface area contributed by atoms with Crippen LogP contribution in [0.3, 0.4) is 0 Å². The van der Waals surface area contributed by atoms with E-state index in [0.717, 1.165) is 25.7 Å². The molecule has 0 radical (unpaired) electrons. The largest absolute Gasteiger partial charge is 0.469 e. The molecule has 0 amide bonds. The smallest absolute Gasteiger partial charge is 0.318 e. The van der Waals surface area contributed by atoms with E-state index in [-0.39, 0.29) is 17.5 Å². The van der Waals surface area contributed by atoms with Gasteiger partial charge in [0.1, 0.15) is 23.6 Å². The number of unbranched alkanes of at least 4 members (excludes halogenated alkanes) is 6. The summed E-state index contributed by atoms with van der Waals surface area (Å²) in [5, 5.41) is 0. The molecular weight excluding hydrogens is 436 g/mol. The van der Waals surface area contributed by atoms with Crippen molar-refractivity contribution in [1.82, 2.24) is 0 Å². The maximum atomic E-state index is 13.1. The van der Waals surface area contributed by atoms with Gasteiger partial charge in [0.2, 0.25) is 0 Å². The second-order valence-corrected chi connectivity index (χ2v) is 9.71. The highest BCUT2D eigenvalue weighted by atomic mass is 16.6. The quantitative estimate of drug-likeness (QED) is 0.227. The van der Waals surface area contributed by atoms with E-state index in [0.29, 0.717) is 29.7 Å². The van der Waals surface area contributed by atoms with Gasteiger partial charge in [-0.15, -0.1) is 0 Å². The molecule has 3 rings (SSSR count). The zero-order chi connectivity index (χ0) is 24.9. The molecule has 1 fully saturated rings. The zero-order valence-electron chi connectivity index (χ0n) is 20.7. The van der Waals surface area contributed by atoms with Gasteiger partial charge >= 0.3 is 11.9 Å². The van der Waals surface area contributed by atoms with E-state index in [9.17, 15) is 19.2 Å². The minimum absolute atomic E-state index is 0.180. The van der Waals surface area contributed by atoms with Gasteiger partial charge in [0.15, 0.2) is 11.4 Å². The minimum Gasteiger partial charge on any atom is -0.469 e. The van der Waals surface area contributed by atoms with E-state index in [1.807, 2.05) is 0 Å². The molecule has 0 spiro atoms. The molecule has 4 atom stereocenters. The molecule has 186 valence electrons. The first kappa shape index (κ1) is 25.9. The van der Waals surface area contributed by atoms with Gasteiger partial charge in [0.05, 0.1) is 12.2 Å². The molecule has 0 aromatic rings. The number of carbonyl (C=O) groups is 4. The maximum absolute atomic E-state index is 13.1.